The Morgan fingerprint density at radius 3 is 2.69 bits per heavy atom. The molecule has 144 valence electrons. The molecular weight excluding hydrogens is 334 g/mol. The number of fused-ring (bicyclic) bond motifs is 1. The predicted octanol–water partition coefficient (Wildman–Crippen LogP) is 2.76. The van der Waals surface area contributed by atoms with Crippen molar-refractivity contribution in [1.82, 2.24) is 4.90 Å². The topological polar surface area (TPSA) is 76.1 Å². The number of benzene rings is 1. The van der Waals surface area contributed by atoms with E-state index in [-0.39, 0.29) is 18.4 Å². The number of carboxylic acids is 1. The molecule has 1 N–H and O–H groups in total. The zero-order valence-corrected chi connectivity index (χ0v) is 16.1. The highest BCUT2D eigenvalue weighted by molar-refractivity contribution is 5.86. The standard InChI is InChI=1S/C20H29NO5/c1-5-25-8-6-7-21(11-15(4)20(23)24)19(22)17-12-26-18-10-14(3)13(2)9-16(17)18/h9-10,15,17H,5-8,11-12H2,1-4H3,(H,23,24). The number of nitrogens with zero attached hydrogens (tertiary/aromatic N) is 1. The quantitative estimate of drug-likeness (QED) is 0.683. The van der Waals surface area contributed by atoms with Gasteiger partial charge in [-0.3, -0.25) is 9.59 Å². The minimum atomic E-state index is -0.901. The van der Waals surface area contributed by atoms with E-state index in [1.165, 1.54) is 0 Å². The average molecular weight is 363 g/mol. The van der Waals surface area contributed by atoms with E-state index in [2.05, 4.69) is 0 Å². The number of ether oxygens (including phenoxy) is 2. The summed E-state index contributed by atoms with van der Waals surface area (Å²) in [6.45, 7) is 9.74. The largest absolute Gasteiger partial charge is 0.492 e. The Balaban J connectivity index is 2.15. The first-order valence-electron chi connectivity index (χ1n) is 9.18. The number of rotatable bonds is 9. The van der Waals surface area contributed by atoms with Gasteiger partial charge in [-0.1, -0.05) is 13.0 Å². The van der Waals surface area contributed by atoms with E-state index in [1.807, 2.05) is 32.9 Å². The van der Waals surface area contributed by atoms with Crippen molar-refractivity contribution >= 4 is 11.9 Å². The third-order valence-corrected chi connectivity index (χ3v) is 4.85. The molecular formula is C20H29NO5. The molecule has 1 aliphatic heterocycles. The molecule has 1 amide bonds. The van der Waals surface area contributed by atoms with E-state index < -0.39 is 11.9 Å². The van der Waals surface area contributed by atoms with Gasteiger partial charge in [-0.2, -0.15) is 0 Å². The Bertz CT molecular complexity index is 658. The summed E-state index contributed by atoms with van der Waals surface area (Å²) in [7, 11) is 0. The first-order chi connectivity index (χ1) is 12.3. The van der Waals surface area contributed by atoms with E-state index in [0.29, 0.717) is 32.8 Å². The Labute approximate surface area is 155 Å². The number of hydrogen-bond donors (Lipinski definition) is 1. The predicted molar refractivity (Wildman–Crippen MR) is 98.6 cm³/mol. The highest BCUT2D eigenvalue weighted by atomic mass is 16.5. The third-order valence-electron chi connectivity index (χ3n) is 4.85. The molecule has 1 aromatic carbocycles. The first kappa shape index (κ1) is 20.2. The molecule has 1 heterocycles. The van der Waals surface area contributed by atoms with Gasteiger partial charge in [0.05, 0.1) is 5.92 Å². The summed E-state index contributed by atoms with van der Waals surface area (Å²) in [6.07, 6.45) is 0.680. The summed E-state index contributed by atoms with van der Waals surface area (Å²) in [6, 6.07) is 3.98. The van der Waals surface area contributed by atoms with Crippen LogP contribution in [0.4, 0.5) is 0 Å². The summed E-state index contributed by atoms with van der Waals surface area (Å²) >= 11 is 0. The molecule has 1 aromatic rings. The molecule has 0 saturated carbocycles. The second-order valence-electron chi connectivity index (χ2n) is 6.91. The lowest BCUT2D eigenvalue weighted by atomic mass is 9.95. The minimum absolute atomic E-state index is 0.0726. The molecule has 6 heteroatoms. The third kappa shape index (κ3) is 4.75. The molecule has 0 fully saturated rings. The summed E-state index contributed by atoms with van der Waals surface area (Å²) < 4.78 is 11.1. The number of carbonyl (C=O) groups is 2. The molecule has 2 rings (SSSR count). The lowest BCUT2D eigenvalue weighted by Gasteiger charge is -2.27. The van der Waals surface area contributed by atoms with Gasteiger partial charge in [-0.25, -0.2) is 0 Å². The molecule has 0 spiro atoms. The molecule has 0 radical (unpaired) electrons. The van der Waals surface area contributed by atoms with Crippen LogP contribution in [-0.4, -0.2) is 54.8 Å². The van der Waals surface area contributed by atoms with Crippen molar-refractivity contribution in [3.63, 3.8) is 0 Å². The number of aryl methyl sites for hydroxylation is 2. The maximum absolute atomic E-state index is 13.1. The molecule has 2 unspecified atom stereocenters. The van der Waals surface area contributed by atoms with E-state index in [0.717, 1.165) is 22.4 Å². The van der Waals surface area contributed by atoms with Crippen LogP contribution in [0.5, 0.6) is 5.75 Å². The van der Waals surface area contributed by atoms with Gasteiger partial charge in [-0.15, -0.1) is 0 Å². The summed E-state index contributed by atoms with van der Waals surface area (Å²) in [5.41, 5.74) is 3.15. The number of hydrogen-bond acceptors (Lipinski definition) is 4. The van der Waals surface area contributed by atoms with Crippen molar-refractivity contribution in [3.8, 4) is 5.75 Å². The van der Waals surface area contributed by atoms with Gasteiger partial charge >= 0.3 is 5.97 Å². The van der Waals surface area contributed by atoms with Crippen molar-refractivity contribution in [2.75, 3.05) is 32.9 Å². The highest BCUT2D eigenvalue weighted by Gasteiger charge is 2.34. The zero-order chi connectivity index (χ0) is 19.3. The van der Waals surface area contributed by atoms with Crippen LogP contribution in [0.2, 0.25) is 0 Å². The Hall–Kier alpha value is -2.08. The molecule has 0 aliphatic carbocycles. The van der Waals surface area contributed by atoms with E-state index in [1.54, 1.807) is 11.8 Å². The SMILES string of the molecule is CCOCCCN(CC(C)C(=O)O)C(=O)C1COc2cc(C)c(C)cc21. The van der Waals surface area contributed by atoms with E-state index in [9.17, 15) is 14.7 Å². The second-order valence-corrected chi connectivity index (χ2v) is 6.91. The first-order valence-corrected chi connectivity index (χ1v) is 9.18. The summed E-state index contributed by atoms with van der Waals surface area (Å²) in [5.74, 6) is -1.21. The van der Waals surface area contributed by atoms with Crippen LogP contribution in [-0.2, 0) is 14.3 Å². The highest BCUT2D eigenvalue weighted by Crippen LogP contribution is 2.37. The van der Waals surface area contributed by atoms with Crippen LogP contribution in [0.25, 0.3) is 0 Å². The second kappa shape index (κ2) is 9.03. The average Bonchev–Trinajstić information content (AvgIpc) is 2.99. The van der Waals surface area contributed by atoms with Crippen LogP contribution in [0.1, 0.15) is 42.9 Å². The Morgan fingerprint density at radius 1 is 1.35 bits per heavy atom. The Morgan fingerprint density at radius 2 is 2.04 bits per heavy atom. The van der Waals surface area contributed by atoms with Crippen molar-refractivity contribution in [3.05, 3.63) is 28.8 Å². The lowest BCUT2D eigenvalue weighted by molar-refractivity contribution is -0.143. The van der Waals surface area contributed by atoms with Crippen LogP contribution in [0.15, 0.2) is 12.1 Å². The maximum atomic E-state index is 13.1. The van der Waals surface area contributed by atoms with E-state index in [4.69, 9.17) is 9.47 Å². The van der Waals surface area contributed by atoms with Crippen molar-refractivity contribution in [1.29, 1.82) is 0 Å². The molecule has 26 heavy (non-hydrogen) atoms. The monoisotopic (exact) mass is 363 g/mol. The van der Waals surface area contributed by atoms with Crippen molar-refractivity contribution < 1.29 is 24.2 Å². The fourth-order valence-corrected chi connectivity index (χ4v) is 3.10. The van der Waals surface area contributed by atoms with Gasteiger partial charge in [0, 0.05) is 31.9 Å². The molecule has 1 aliphatic rings. The fourth-order valence-electron chi connectivity index (χ4n) is 3.10. The number of carbonyl (C=O) groups excluding carboxylic acids is 1. The Kier molecular flexibility index (Phi) is 7.03. The van der Waals surface area contributed by atoms with E-state index >= 15 is 0 Å². The molecule has 6 nitrogen and oxygen atoms in total. The van der Waals surface area contributed by atoms with Gasteiger partial charge in [0.2, 0.25) is 5.91 Å². The van der Waals surface area contributed by atoms with Gasteiger partial charge in [-0.05, 0) is 44.4 Å². The molecule has 0 bridgehead atoms. The molecule has 2 atom stereocenters. The summed E-state index contributed by atoms with van der Waals surface area (Å²) in [4.78, 5) is 26.0. The normalized spacial score (nSPS) is 16.7. The van der Waals surface area contributed by atoms with Crippen molar-refractivity contribution in [2.45, 2.75) is 40.0 Å². The van der Waals surface area contributed by atoms with Gasteiger partial charge in [0.15, 0.2) is 0 Å². The minimum Gasteiger partial charge on any atom is -0.492 e. The molecule has 0 aromatic heterocycles. The van der Waals surface area contributed by atoms with Gasteiger partial charge < -0.3 is 19.5 Å². The zero-order valence-electron chi connectivity index (χ0n) is 16.1. The van der Waals surface area contributed by atoms with Crippen LogP contribution < -0.4 is 4.74 Å². The van der Waals surface area contributed by atoms with Gasteiger partial charge in [0.25, 0.3) is 0 Å². The van der Waals surface area contributed by atoms with Crippen LogP contribution in [0, 0.1) is 19.8 Å². The van der Waals surface area contributed by atoms with Gasteiger partial charge in [0.1, 0.15) is 18.3 Å². The number of amides is 1. The molecule has 0 saturated heterocycles. The fraction of sp³-hybridized carbons (Fsp3) is 0.600. The number of carboxylic acid groups (broad SMARTS) is 1. The summed E-state index contributed by atoms with van der Waals surface area (Å²) in [5, 5.41) is 9.23. The smallest absolute Gasteiger partial charge is 0.308 e. The lowest BCUT2D eigenvalue weighted by Crippen LogP contribution is -2.41. The number of aliphatic carboxylic acids is 1. The van der Waals surface area contributed by atoms with Crippen molar-refractivity contribution in [2.24, 2.45) is 5.92 Å². The van der Waals surface area contributed by atoms with Crippen LogP contribution >= 0.6 is 0 Å². The maximum Gasteiger partial charge on any atom is 0.308 e. The van der Waals surface area contributed by atoms with Crippen LogP contribution in [0.3, 0.4) is 0 Å².